The van der Waals surface area contributed by atoms with Crippen LogP contribution < -0.4 is 24.8 Å². The molecular formula is C35H47FN2O6. The Bertz CT molecular complexity index is 1400. The van der Waals surface area contributed by atoms with E-state index in [1.165, 1.54) is 12.1 Å². The van der Waals surface area contributed by atoms with E-state index in [0.29, 0.717) is 60.2 Å². The number of rotatable bonds is 18. The summed E-state index contributed by atoms with van der Waals surface area (Å²) < 4.78 is 37.4. The molecule has 0 aliphatic heterocycles. The van der Waals surface area contributed by atoms with Gasteiger partial charge in [-0.25, -0.2) is 4.39 Å². The molecule has 0 bridgehead atoms. The van der Waals surface area contributed by atoms with Gasteiger partial charge in [0.15, 0.2) is 11.5 Å². The van der Waals surface area contributed by atoms with Crippen molar-refractivity contribution in [2.24, 2.45) is 11.8 Å². The molecule has 1 aromatic heterocycles. The number of fused-ring (bicyclic) bond motifs is 1. The SMILES string of the molecule is CC(C)NC1CC(Oc2cc(F)cc(OCC(=O)C(C)CCC(C)NCCOc3ccc4cc(C(=O)C(C)C)oc4c3)c2)C1. The van der Waals surface area contributed by atoms with Crippen molar-refractivity contribution in [1.82, 2.24) is 10.6 Å². The van der Waals surface area contributed by atoms with Gasteiger partial charge < -0.3 is 29.3 Å². The van der Waals surface area contributed by atoms with E-state index in [0.717, 1.165) is 24.6 Å². The summed E-state index contributed by atoms with van der Waals surface area (Å²) in [6, 6.07) is 12.6. The Morgan fingerprint density at radius 2 is 1.68 bits per heavy atom. The third kappa shape index (κ3) is 9.79. The smallest absolute Gasteiger partial charge is 0.200 e. The fourth-order valence-corrected chi connectivity index (χ4v) is 5.19. The minimum Gasteiger partial charge on any atom is -0.492 e. The molecule has 240 valence electrons. The zero-order valence-corrected chi connectivity index (χ0v) is 26.8. The van der Waals surface area contributed by atoms with Gasteiger partial charge in [0.05, 0.1) is 0 Å². The van der Waals surface area contributed by atoms with Crippen molar-refractivity contribution in [2.75, 3.05) is 19.8 Å². The Morgan fingerprint density at radius 3 is 2.41 bits per heavy atom. The number of ether oxygens (including phenoxy) is 3. The number of carbonyl (C=O) groups excluding carboxylic acids is 2. The maximum Gasteiger partial charge on any atom is 0.200 e. The van der Waals surface area contributed by atoms with Gasteiger partial charge in [-0.15, -0.1) is 0 Å². The lowest BCUT2D eigenvalue weighted by molar-refractivity contribution is -0.124. The second kappa shape index (κ2) is 15.5. The van der Waals surface area contributed by atoms with E-state index in [1.54, 1.807) is 18.2 Å². The van der Waals surface area contributed by atoms with Gasteiger partial charge in [-0.1, -0.05) is 34.6 Å². The maximum atomic E-state index is 14.2. The van der Waals surface area contributed by atoms with Crippen LogP contribution >= 0.6 is 0 Å². The molecule has 9 heteroatoms. The summed E-state index contributed by atoms with van der Waals surface area (Å²) >= 11 is 0. The Morgan fingerprint density at radius 1 is 0.932 bits per heavy atom. The predicted molar refractivity (Wildman–Crippen MR) is 169 cm³/mol. The quantitative estimate of drug-likeness (QED) is 0.121. The summed E-state index contributed by atoms with van der Waals surface area (Å²) in [5, 5.41) is 7.77. The maximum absolute atomic E-state index is 14.2. The molecule has 2 unspecified atom stereocenters. The number of furan rings is 1. The standard InChI is InChI=1S/C35H47FN2O6/c1-21(2)35(40)34-13-25-9-10-28(19-33(25)44-34)41-12-11-37-24(6)8-7-23(5)32(39)20-42-29-14-26(36)15-30(18-29)43-31-16-27(17-31)38-22(3)4/h9-10,13-15,18-19,21-24,27,31,37-38H,7-8,11-12,16-17,20H2,1-6H3. The van der Waals surface area contributed by atoms with Gasteiger partial charge in [-0.05, 0) is 50.8 Å². The van der Waals surface area contributed by atoms with Crippen LogP contribution in [0.3, 0.4) is 0 Å². The Balaban J connectivity index is 1.12. The number of carbonyl (C=O) groups is 2. The molecule has 1 heterocycles. The van der Waals surface area contributed by atoms with E-state index >= 15 is 0 Å². The molecule has 0 saturated heterocycles. The van der Waals surface area contributed by atoms with Gasteiger partial charge >= 0.3 is 0 Å². The Hall–Kier alpha value is -3.43. The molecular weight excluding hydrogens is 563 g/mol. The molecule has 0 radical (unpaired) electrons. The largest absolute Gasteiger partial charge is 0.492 e. The predicted octanol–water partition coefficient (Wildman–Crippen LogP) is 6.74. The lowest BCUT2D eigenvalue weighted by Gasteiger charge is -2.37. The first kappa shape index (κ1) is 33.5. The minimum absolute atomic E-state index is 0.0199. The fraction of sp³-hybridized carbons (Fsp3) is 0.543. The average molecular weight is 611 g/mol. The second-order valence-corrected chi connectivity index (χ2v) is 12.6. The highest BCUT2D eigenvalue weighted by atomic mass is 19.1. The Kier molecular flexibility index (Phi) is 11.8. The van der Waals surface area contributed by atoms with Crippen LogP contribution in [0.2, 0.25) is 0 Å². The number of Topliss-reactive ketones (excluding diaryl/α,β-unsaturated/α-hetero) is 2. The van der Waals surface area contributed by atoms with E-state index in [4.69, 9.17) is 18.6 Å². The second-order valence-electron chi connectivity index (χ2n) is 12.6. The van der Waals surface area contributed by atoms with Gasteiger partial charge in [0.1, 0.15) is 48.0 Å². The fourth-order valence-electron chi connectivity index (χ4n) is 5.19. The highest BCUT2D eigenvalue weighted by Gasteiger charge is 2.31. The van der Waals surface area contributed by atoms with E-state index in [2.05, 4.69) is 31.4 Å². The number of benzene rings is 2. The van der Waals surface area contributed by atoms with Gasteiger partial charge in [-0.2, -0.15) is 0 Å². The van der Waals surface area contributed by atoms with Crippen LogP contribution in [0, 0.1) is 17.7 Å². The van der Waals surface area contributed by atoms with E-state index in [1.807, 2.05) is 32.9 Å². The summed E-state index contributed by atoms with van der Waals surface area (Å²) in [7, 11) is 0. The molecule has 3 aromatic rings. The van der Waals surface area contributed by atoms with Gasteiger partial charge in [0, 0.05) is 66.2 Å². The average Bonchev–Trinajstić information content (AvgIpc) is 3.38. The van der Waals surface area contributed by atoms with Crippen molar-refractivity contribution in [3.63, 3.8) is 0 Å². The zero-order valence-electron chi connectivity index (χ0n) is 26.8. The van der Waals surface area contributed by atoms with Crippen LogP contribution in [0.15, 0.2) is 46.9 Å². The van der Waals surface area contributed by atoms with E-state index in [-0.39, 0.29) is 42.2 Å². The lowest BCUT2D eigenvalue weighted by Crippen LogP contribution is -2.49. The molecule has 2 aromatic carbocycles. The topological polar surface area (TPSA) is 99.0 Å². The van der Waals surface area contributed by atoms with Gasteiger partial charge in [0.25, 0.3) is 0 Å². The van der Waals surface area contributed by atoms with Gasteiger partial charge in [0.2, 0.25) is 5.78 Å². The van der Waals surface area contributed by atoms with Crippen molar-refractivity contribution >= 4 is 22.5 Å². The Labute approximate surface area is 260 Å². The molecule has 2 atom stereocenters. The van der Waals surface area contributed by atoms with Crippen LogP contribution in [0.1, 0.15) is 77.8 Å². The minimum atomic E-state index is -0.452. The lowest BCUT2D eigenvalue weighted by atomic mass is 9.88. The number of halogens is 1. The highest BCUT2D eigenvalue weighted by molar-refractivity contribution is 5.98. The molecule has 1 aliphatic carbocycles. The normalized spacial score (nSPS) is 17.8. The summed E-state index contributed by atoms with van der Waals surface area (Å²) in [5.74, 6) is 0.950. The third-order valence-corrected chi connectivity index (χ3v) is 7.90. The van der Waals surface area contributed by atoms with Crippen LogP contribution in [0.4, 0.5) is 4.39 Å². The van der Waals surface area contributed by atoms with E-state index in [9.17, 15) is 14.0 Å². The van der Waals surface area contributed by atoms with Crippen molar-refractivity contribution in [3.05, 3.63) is 54.0 Å². The van der Waals surface area contributed by atoms with Crippen molar-refractivity contribution in [3.8, 4) is 17.2 Å². The molecule has 1 aliphatic rings. The van der Waals surface area contributed by atoms with E-state index < -0.39 is 5.82 Å². The van der Waals surface area contributed by atoms with Crippen LogP contribution in [0.5, 0.6) is 17.2 Å². The first-order valence-corrected chi connectivity index (χ1v) is 15.8. The highest BCUT2D eigenvalue weighted by Crippen LogP contribution is 2.30. The third-order valence-electron chi connectivity index (χ3n) is 7.90. The van der Waals surface area contributed by atoms with Crippen LogP contribution in [-0.2, 0) is 4.79 Å². The summed E-state index contributed by atoms with van der Waals surface area (Å²) in [6.45, 7) is 12.9. The van der Waals surface area contributed by atoms with Crippen molar-refractivity contribution in [2.45, 2.75) is 91.5 Å². The summed E-state index contributed by atoms with van der Waals surface area (Å²) in [6.07, 6.45) is 3.32. The molecule has 0 amide bonds. The van der Waals surface area contributed by atoms with Crippen LogP contribution in [0.25, 0.3) is 11.0 Å². The van der Waals surface area contributed by atoms with Gasteiger partial charge in [-0.3, -0.25) is 9.59 Å². The van der Waals surface area contributed by atoms with Crippen LogP contribution in [-0.4, -0.2) is 55.6 Å². The zero-order chi connectivity index (χ0) is 31.8. The van der Waals surface area contributed by atoms with Crippen molar-refractivity contribution in [1.29, 1.82) is 0 Å². The number of nitrogens with one attached hydrogen (secondary N) is 2. The van der Waals surface area contributed by atoms with Crippen molar-refractivity contribution < 1.29 is 32.6 Å². The number of ketones is 2. The summed E-state index contributed by atoms with van der Waals surface area (Å²) in [5.41, 5.74) is 0.628. The number of hydrogen-bond acceptors (Lipinski definition) is 8. The molecule has 44 heavy (non-hydrogen) atoms. The molecule has 8 nitrogen and oxygen atoms in total. The molecule has 0 spiro atoms. The monoisotopic (exact) mass is 610 g/mol. The summed E-state index contributed by atoms with van der Waals surface area (Å²) in [4.78, 5) is 24.9. The first-order valence-electron chi connectivity index (χ1n) is 15.8. The number of hydrogen-bond donors (Lipinski definition) is 2. The molecule has 1 fully saturated rings. The molecule has 2 N–H and O–H groups in total. The first-order chi connectivity index (χ1) is 21.0. The molecule has 4 rings (SSSR count). The molecule has 1 saturated carbocycles.